The molecule has 1 aliphatic rings. The first-order chi connectivity index (χ1) is 20.4. The van der Waals surface area contributed by atoms with E-state index in [2.05, 4.69) is 72.9 Å². The van der Waals surface area contributed by atoms with Gasteiger partial charge in [0.15, 0.2) is 0 Å². The molecule has 4 heterocycles. The van der Waals surface area contributed by atoms with Crippen LogP contribution in [-0.4, -0.2) is 38.7 Å². The number of hydrogen-bond acceptors (Lipinski definition) is 6. The van der Waals surface area contributed by atoms with Gasteiger partial charge in [-0.3, -0.25) is 9.97 Å². The largest absolute Gasteiger partial charge is 0.371 e. The summed E-state index contributed by atoms with van der Waals surface area (Å²) < 4.78 is 14.4. The second-order valence-electron chi connectivity index (χ2n) is 11.3. The third-order valence-electron chi connectivity index (χ3n) is 8.00. The van der Waals surface area contributed by atoms with Crippen molar-refractivity contribution < 1.29 is 4.39 Å². The maximum absolute atomic E-state index is 14.4. The van der Waals surface area contributed by atoms with E-state index in [9.17, 15) is 4.39 Å². The van der Waals surface area contributed by atoms with Crippen molar-refractivity contribution in [2.75, 3.05) is 28.6 Å². The van der Waals surface area contributed by atoms with Crippen LogP contribution in [0.15, 0.2) is 91.3 Å². The highest BCUT2D eigenvalue weighted by molar-refractivity contribution is 5.95. The lowest BCUT2D eigenvalue weighted by molar-refractivity contribution is 0.149. The number of nitrogens with one attached hydrogen (secondary N) is 3. The minimum atomic E-state index is -1.07. The summed E-state index contributed by atoms with van der Waals surface area (Å²) in [4.78, 5) is 19.4. The molecule has 210 valence electrons. The van der Waals surface area contributed by atoms with E-state index in [1.807, 2.05) is 49.5 Å². The molecule has 0 bridgehead atoms. The minimum Gasteiger partial charge on any atom is -0.371 e. The monoisotopic (exact) mass is 557 g/mol. The number of hydrogen-bond donors (Lipinski definition) is 3. The van der Waals surface area contributed by atoms with Gasteiger partial charge in [-0.05, 0) is 106 Å². The Labute approximate surface area is 243 Å². The van der Waals surface area contributed by atoms with Crippen LogP contribution in [-0.2, 0) is 0 Å². The molecule has 8 heteroatoms. The zero-order valence-corrected chi connectivity index (χ0v) is 23.7. The molecule has 7 nitrogen and oxygen atoms in total. The number of imidazole rings is 1. The summed E-state index contributed by atoms with van der Waals surface area (Å²) in [6.07, 6.45) is 4.71. The number of pyridine rings is 2. The summed E-state index contributed by atoms with van der Waals surface area (Å²) in [5.41, 5.74) is 8.72. The first-order valence-electron chi connectivity index (χ1n) is 14.3. The summed E-state index contributed by atoms with van der Waals surface area (Å²) >= 11 is 0. The van der Waals surface area contributed by atoms with E-state index in [4.69, 9.17) is 4.98 Å². The Morgan fingerprint density at radius 1 is 0.786 bits per heavy atom. The Balaban J connectivity index is 1.10. The minimum absolute atomic E-state index is 0.546. The lowest BCUT2D eigenvalue weighted by Gasteiger charge is -2.35. The van der Waals surface area contributed by atoms with Gasteiger partial charge in [-0.25, -0.2) is 9.37 Å². The quantitative estimate of drug-likeness (QED) is 0.191. The highest BCUT2D eigenvalue weighted by atomic mass is 19.1. The van der Waals surface area contributed by atoms with E-state index < -0.39 is 5.67 Å². The number of halogens is 1. The lowest BCUT2D eigenvalue weighted by atomic mass is 9.95. The van der Waals surface area contributed by atoms with Gasteiger partial charge in [0, 0.05) is 70.6 Å². The average Bonchev–Trinajstić information content (AvgIpc) is 3.41. The molecule has 0 radical (unpaired) electrons. The number of benzene rings is 3. The summed E-state index contributed by atoms with van der Waals surface area (Å²) in [5.74, 6) is 0.818. The van der Waals surface area contributed by atoms with Gasteiger partial charge in [0.05, 0.1) is 16.6 Å². The first-order valence-corrected chi connectivity index (χ1v) is 14.3. The molecule has 42 heavy (non-hydrogen) atoms. The molecule has 0 spiro atoms. The van der Waals surface area contributed by atoms with Gasteiger partial charge < -0.3 is 20.5 Å². The molecule has 3 aromatic heterocycles. The zero-order valence-electron chi connectivity index (χ0n) is 23.7. The molecule has 0 saturated carbocycles. The Morgan fingerprint density at radius 3 is 2.33 bits per heavy atom. The van der Waals surface area contributed by atoms with Crippen LogP contribution in [0.2, 0.25) is 0 Å². The van der Waals surface area contributed by atoms with Crippen LogP contribution in [0.3, 0.4) is 0 Å². The number of alkyl halides is 1. The predicted octanol–water partition coefficient (Wildman–Crippen LogP) is 8.30. The fourth-order valence-corrected chi connectivity index (χ4v) is 5.55. The van der Waals surface area contributed by atoms with Crippen molar-refractivity contribution in [1.82, 2.24) is 19.9 Å². The molecule has 3 aromatic carbocycles. The van der Waals surface area contributed by atoms with Crippen LogP contribution < -0.4 is 15.5 Å². The maximum Gasteiger partial charge on any atom is 0.138 e. The Bertz CT molecular complexity index is 1880. The molecular formula is C34H32FN7. The Morgan fingerprint density at radius 2 is 1.52 bits per heavy atom. The second-order valence-corrected chi connectivity index (χ2v) is 11.3. The molecule has 1 fully saturated rings. The van der Waals surface area contributed by atoms with E-state index in [0.717, 1.165) is 67.5 Å². The molecule has 3 N–H and O–H groups in total. The van der Waals surface area contributed by atoms with E-state index in [-0.39, 0.29) is 0 Å². The van der Waals surface area contributed by atoms with Crippen LogP contribution in [0.25, 0.3) is 33.3 Å². The SMILES string of the molecule is Cc1cc(Nc2ccc3nc(-c4ccc(Nc5ccnc6ccc(N7CCC(C)(F)CC7)cc56)cc4)[nH]c3c2)ccn1. The van der Waals surface area contributed by atoms with Gasteiger partial charge in [0.2, 0.25) is 0 Å². The maximum atomic E-state index is 14.4. The van der Waals surface area contributed by atoms with E-state index >= 15 is 0 Å². The molecule has 0 atom stereocenters. The summed E-state index contributed by atoms with van der Waals surface area (Å²) in [6, 6.07) is 26.6. The molecule has 1 aliphatic heterocycles. The normalized spacial score (nSPS) is 14.8. The van der Waals surface area contributed by atoms with Crippen LogP contribution in [0.5, 0.6) is 0 Å². The summed E-state index contributed by atoms with van der Waals surface area (Å²) in [5, 5.41) is 8.04. The first kappa shape index (κ1) is 26.0. The van der Waals surface area contributed by atoms with Gasteiger partial charge in [0.25, 0.3) is 0 Å². The lowest BCUT2D eigenvalue weighted by Crippen LogP contribution is -2.40. The van der Waals surface area contributed by atoms with Crippen LogP contribution in [0.4, 0.5) is 32.8 Å². The average molecular weight is 558 g/mol. The smallest absolute Gasteiger partial charge is 0.138 e. The van der Waals surface area contributed by atoms with Gasteiger partial charge >= 0.3 is 0 Å². The molecule has 0 amide bonds. The number of nitrogens with zero attached hydrogens (tertiary/aromatic N) is 4. The molecule has 6 aromatic rings. The standard InChI is InChI=1S/C34H32FN7/c1-22-19-26(11-15-36-22)38-25-7-9-31-32(20-25)41-33(40-31)23-3-5-24(6-4-23)39-30-12-16-37-29-10-8-27(21-28(29)30)42-17-13-34(2,35)14-18-42/h3-12,15-16,19-21H,13-14,17-18H2,1-2H3,(H,36,38)(H,37,39)(H,40,41). The van der Waals surface area contributed by atoms with Gasteiger partial charge in [0.1, 0.15) is 11.5 Å². The number of fused-ring (bicyclic) bond motifs is 2. The number of H-pyrrole nitrogens is 1. The van der Waals surface area contributed by atoms with Crippen molar-refractivity contribution in [3.63, 3.8) is 0 Å². The molecule has 7 rings (SSSR count). The van der Waals surface area contributed by atoms with Crippen molar-refractivity contribution >= 4 is 50.4 Å². The van der Waals surface area contributed by atoms with E-state index in [1.54, 1.807) is 13.1 Å². The number of aromatic amines is 1. The van der Waals surface area contributed by atoms with Crippen LogP contribution in [0, 0.1) is 6.92 Å². The van der Waals surface area contributed by atoms with E-state index in [0.29, 0.717) is 25.9 Å². The highest BCUT2D eigenvalue weighted by Crippen LogP contribution is 2.33. The summed E-state index contributed by atoms with van der Waals surface area (Å²) in [6.45, 7) is 5.11. The van der Waals surface area contributed by atoms with Crippen LogP contribution in [0.1, 0.15) is 25.5 Å². The van der Waals surface area contributed by atoms with Crippen molar-refractivity contribution in [1.29, 1.82) is 0 Å². The summed E-state index contributed by atoms with van der Waals surface area (Å²) in [7, 11) is 0. The fourth-order valence-electron chi connectivity index (χ4n) is 5.55. The fraction of sp³-hybridized carbons (Fsp3) is 0.206. The highest BCUT2D eigenvalue weighted by Gasteiger charge is 2.29. The van der Waals surface area contributed by atoms with Gasteiger partial charge in [-0.1, -0.05) is 0 Å². The van der Waals surface area contributed by atoms with Crippen molar-refractivity contribution in [3.8, 4) is 11.4 Å². The molecule has 0 unspecified atom stereocenters. The van der Waals surface area contributed by atoms with Crippen molar-refractivity contribution in [2.24, 2.45) is 0 Å². The number of piperidine rings is 1. The zero-order chi connectivity index (χ0) is 28.7. The van der Waals surface area contributed by atoms with Crippen LogP contribution >= 0.6 is 0 Å². The van der Waals surface area contributed by atoms with Crippen molar-refractivity contribution in [3.05, 3.63) is 97.0 Å². The molecule has 0 aliphatic carbocycles. The second kappa shape index (κ2) is 10.4. The van der Waals surface area contributed by atoms with Gasteiger partial charge in [-0.2, -0.15) is 0 Å². The topological polar surface area (TPSA) is 81.8 Å². The van der Waals surface area contributed by atoms with E-state index in [1.165, 1.54) is 0 Å². The van der Waals surface area contributed by atoms with Crippen molar-refractivity contribution in [2.45, 2.75) is 32.4 Å². The third kappa shape index (κ3) is 5.35. The molecular weight excluding hydrogens is 525 g/mol. The van der Waals surface area contributed by atoms with Gasteiger partial charge in [-0.15, -0.1) is 0 Å². The number of aromatic nitrogens is 4. The third-order valence-corrected chi connectivity index (χ3v) is 8.00. The number of aryl methyl sites for hydroxylation is 1. The Hall–Kier alpha value is -4.98. The predicted molar refractivity (Wildman–Crippen MR) is 170 cm³/mol. The number of rotatable bonds is 6. The number of anilines is 5. The molecule has 1 saturated heterocycles. The Kier molecular flexibility index (Phi) is 6.46.